The predicted octanol–water partition coefficient (Wildman–Crippen LogP) is 1.26. The summed E-state index contributed by atoms with van der Waals surface area (Å²) < 4.78 is 0. The van der Waals surface area contributed by atoms with Crippen LogP contribution in [0.2, 0.25) is 0 Å². The first-order valence-corrected chi connectivity index (χ1v) is 5.64. The van der Waals surface area contributed by atoms with Gasteiger partial charge in [-0.2, -0.15) is 0 Å². The van der Waals surface area contributed by atoms with Gasteiger partial charge in [-0.1, -0.05) is 6.92 Å². The zero-order valence-corrected chi connectivity index (χ0v) is 9.86. The van der Waals surface area contributed by atoms with E-state index >= 15 is 0 Å². The standard InChI is InChI=1S/C12H19N3O/c1-3-6-14-12(16)9-15-10(2)11-4-7-13-8-5-11/h4-5,7-8,10,15H,3,6,9H2,1-2H3,(H,14,16). The molecule has 1 heterocycles. The van der Waals surface area contributed by atoms with Gasteiger partial charge < -0.3 is 10.6 Å². The highest BCUT2D eigenvalue weighted by Crippen LogP contribution is 2.09. The van der Waals surface area contributed by atoms with Crippen molar-refractivity contribution in [3.05, 3.63) is 30.1 Å². The Hall–Kier alpha value is -1.42. The van der Waals surface area contributed by atoms with Crippen LogP contribution < -0.4 is 10.6 Å². The highest BCUT2D eigenvalue weighted by Gasteiger charge is 2.06. The van der Waals surface area contributed by atoms with Crippen molar-refractivity contribution in [2.24, 2.45) is 0 Å². The first-order valence-electron chi connectivity index (χ1n) is 5.64. The summed E-state index contributed by atoms with van der Waals surface area (Å²) in [6, 6.07) is 4.05. The van der Waals surface area contributed by atoms with Crippen LogP contribution >= 0.6 is 0 Å². The maximum absolute atomic E-state index is 11.4. The topological polar surface area (TPSA) is 54.0 Å². The van der Waals surface area contributed by atoms with Crippen LogP contribution in [0.15, 0.2) is 24.5 Å². The fourth-order valence-corrected chi connectivity index (χ4v) is 1.34. The molecule has 0 saturated carbocycles. The molecule has 0 aliphatic heterocycles. The highest BCUT2D eigenvalue weighted by atomic mass is 16.1. The summed E-state index contributed by atoms with van der Waals surface area (Å²) in [6.45, 7) is 5.16. The summed E-state index contributed by atoms with van der Waals surface area (Å²) in [7, 11) is 0. The first-order chi connectivity index (χ1) is 7.74. The van der Waals surface area contributed by atoms with Crippen molar-refractivity contribution >= 4 is 5.91 Å². The van der Waals surface area contributed by atoms with Gasteiger partial charge in [0.25, 0.3) is 0 Å². The molecule has 0 radical (unpaired) electrons. The fourth-order valence-electron chi connectivity index (χ4n) is 1.34. The Morgan fingerprint density at radius 2 is 2.12 bits per heavy atom. The number of rotatable bonds is 6. The van der Waals surface area contributed by atoms with E-state index < -0.39 is 0 Å². The monoisotopic (exact) mass is 221 g/mol. The minimum absolute atomic E-state index is 0.0442. The fraction of sp³-hybridized carbons (Fsp3) is 0.500. The Bertz CT molecular complexity index is 313. The number of nitrogens with zero attached hydrogens (tertiary/aromatic N) is 1. The van der Waals surface area contributed by atoms with Gasteiger partial charge in [-0.15, -0.1) is 0 Å². The van der Waals surface area contributed by atoms with Gasteiger partial charge in [0.2, 0.25) is 5.91 Å². The second-order valence-corrected chi connectivity index (χ2v) is 3.73. The van der Waals surface area contributed by atoms with Crippen LogP contribution in [0, 0.1) is 0 Å². The third kappa shape index (κ3) is 4.40. The molecule has 1 unspecified atom stereocenters. The lowest BCUT2D eigenvalue weighted by Gasteiger charge is -2.13. The van der Waals surface area contributed by atoms with Gasteiger partial charge in [0.15, 0.2) is 0 Å². The summed E-state index contributed by atoms with van der Waals surface area (Å²) in [5.74, 6) is 0.0442. The Labute approximate surface area is 96.5 Å². The van der Waals surface area contributed by atoms with Crippen molar-refractivity contribution in [1.82, 2.24) is 15.6 Å². The second-order valence-electron chi connectivity index (χ2n) is 3.73. The van der Waals surface area contributed by atoms with Crippen LogP contribution in [0.4, 0.5) is 0 Å². The molecule has 0 spiro atoms. The lowest BCUT2D eigenvalue weighted by molar-refractivity contribution is -0.120. The molecule has 0 aromatic carbocycles. The van der Waals surface area contributed by atoms with E-state index in [4.69, 9.17) is 0 Å². The molecule has 0 aliphatic carbocycles. The smallest absolute Gasteiger partial charge is 0.233 e. The average Bonchev–Trinajstić information content (AvgIpc) is 2.34. The predicted molar refractivity (Wildman–Crippen MR) is 64.0 cm³/mol. The number of aromatic nitrogens is 1. The van der Waals surface area contributed by atoms with Crippen molar-refractivity contribution in [1.29, 1.82) is 0 Å². The molecule has 1 amide bonds. The normalized spacial score (nSPS) is 12.1. The number of pyridine rings is 1. The van der Waals surface area contributed by atoms with Gasteiger partial charge in [0.05, 0.1) is 6.54 Å². The van der Waals surface area contributed by atoms with Gasteiger partial charge in [-0.25, -0.2) is 0 Å². The van der Waals surface area contributed by atoms with Gasteiger partial charge >= 0.3 is 0 Å². The van der Waals surface area contributed by atoms with Crippen molar-refractivity contribution in [3.63, 3.8) is 0 Å². The zero-order valence-electron chi connectivity index (χ0n) is 9.86. The lowest BCUT2D eigenvalue weighted by Crippen LogP contribution is -2.35. The number of carbonyl (C=O) groups is 1. The van der Waals surface area contributed by atoms with E-state index in [1.54, 1.807) is 12.4 Å². The number of carbonyl (C=O) groups excluding carboxylic acids is 1. The van der Waals surface area contributed by atoms with Crippen LogP contribution in [0.3, 0.4) is 0 Å². The average molecular weight is 221 g/mol. The summed E-state index contributed by atoms with van der Waals surface area (Å²) in [6.07, 6.45) is 4.47. The maximum atomic E-state index is 11.4. The quantitative estimate of drug-likeness (QED) is 0.760. The minimum atomic E-state index is 0.0442. The van der Waals surface area contributed by atoms with Crippen LogP contribution in [-0.4, -0.2) is 24.0 Å². The molecule has 1 aromatic heterocycles. The minimum Gasteiger partial charge on any atom is -0.355 e. The highest BCUT2D eigenvalue weighted by molar-refractivity contribution is 5.77. The van der Waals surface area contributed by atoms with E-state index in [0.717, 1.165) is 18.5 Å². The molecule has 2 N–H and O–H groups in total. The number of hydrogen-bond donors (Lipinski definition) is 2. The largest absolute Gasteiger partial charge is 0.355 e. The van der Waals surface area contributed by atoms with E-state index in [-0.39, 0.29) is 11.9 Å². The SMILES string of the molecule is CCCNC(=O)CNC(C)c1ccncc1. The molecule has 0 fully saturated rings. The number of amides is 1. The van der Waals surface area contributed by atoms with E-state index in [1.165, 1.54) is 0 Å². The van der Waals surface area contributed by atoms with Crippen molar-refractivity contribution < 1.29 is 4.79 Å². The second kappa shape index (κ2) is 6.95. The molecule has 88 valence electrons. The summed E-state index contributed by atoms with van der Waals surface area (Å²) in [4.78, 5) is 15.3. The maximum Gasteiger partial charge on any atom is 0.233 e. The van der Waals surface area contributed by atoms with Crippen LogP contribution in [-0.2, 0) is 4.79 Å². The molecule has 4 nitrogen and oxygen atoms in total. The molecule has 0 aliphatic rings. The Kier molecular flexibility index (Phi) is 5.50. The third-order valence-electron chi connectivity index (χ3n) is 2.35. The van der Waals surface area contributed by atoms with Crippen LogP contribution in [0.25, 0.3) is 0 Å². The molecule has 0 saturated heterocycles. The Morgan fingerprint density at radius 1 is 1.44 bits per heavy atom. The molecule has 16 heavy (non-hydrogen) atoms. The molecule has 0 bridgehead atoms. The molecule has 1 atom stereocenters. The van der Waals surface area contributed by atoms with Gasteiger partial charge in [0.1, 0.15) is 0 Å². The zero-order chi connectivity index (χ0) is 11.8. The summed E-state index contributed by atoms with van der Waals surface area (Å²) >= 11 is 0. The molecule has 1 rings (SSSR count). The summed E-state index contributed by atoms with van der Waals surface area (Å²) in [5, 5.41) is 5.99. The van der Waals surface area contributed by atoms with E-state index in [2.05, 4.69) is 15.6 Å². The lowest BCUT2D eigenvalue weighted by atomic mass is 10.1. The van der Waals surface area contributed by atoms with Crippen LogP contribution in [0.5, 0.6) is 0 Å². The Morgan fingerprint density at radius 3 is 2.75 bits per heavy atom. The molecular formula is C12H19N3O. The Balaban J connectivity index is 2.30. The van der Waals surface area contributed by atoms with Crippen molar-refractivity contribution in [3.8, 4) is 0 Å². The van der Waals surface area contributed by atoms with E-state index in [1.807, 2.05) is 26.0 Å². The van der Waals surface area contributed by atoms with Crippen LogP contribution in [0.1, 0.15) is 31.9 Å². The molecular weight excluding hydrogens is 202 g/mol. The van der Waals surface area contributed by atoms with Gasteiger partial charge in [0, 0.05) is 25.0 Å². The third-order valence-corrected chi connectivity index (χ3v) is 2.35. The van der Waals surface area contributed by atoms with E-state index in [9.17, 15) is 4.79 Å². The first kappa shape index (κ1) is 12.6. The molecule has 1 aromatic rings. The number of hydrogen-bond acceptors (Lipinski definition) is 3. The van der Waals surface area contributed by atoms with Gasteiger partial charge in [-0.05, 0) is 31.0 Å². The summed E-state index contributed by atoms with van der Waals surface area (Å²) in [5.41, 5.74) is 1.14. The van der Waals surface area contributed by atoms with Crippen molar-refractivity contribution in [2.45, 2.75) is 26.3 Å². The number of nitrogens with one attached hydrogen (secondary N) is 2. The van der Waals surface area contributed by atoms with Crippen molar-refractivity contribution in [2.75, 3.05) is 13.1 Å². The van der Waals surface area contributed by atoms with Gasteiger partial charge in [-0.3, -0.25) is 9.78 Å². The molecule has 4 heteroatoms. The van der Waals surface area contributed by atoms with E-state index in [0.29, 0.717) is 6.54 Å².